The minimum atomic E-state index is -0.0563. The van der Waals surface area contributed by atoms with E-state index in [2.05, 4.69) is 5.32 Å². The molecule has 1 amide bonds. The third kappa shape index (κ3) is 3.67. The molecule has 2 unspecified atom stereocenters. The third-order valence-corrected chi connectivity index (χ3v) is 4.19. The molecular formula is C16H25N3O2. The first-order chi connectivity index (χ1) is 10.0. The standard InChI is InChI=1S/C16H25N3O2/c1-19(2)16(21)11-7-8-15(13(17)9-11)18-14-6-4-3-5-12(14)10-20/h7-9,12,14,18,20H,3-6,10,17H2,1-2H3. The highest BCUT2D eigenvalue weighted by Gasteiger charge is 2.24. The number of hydrogen-bond acceptors (Lipinski definition) is 4. The van der Waals surface area contributed by atoms with Crippen LogP contribution in [0.25, 0.3) is 0 Å². The van der Waals surface area contributed by atoms with Gasteiger partial charge >= 0.3 is 0 Å². The van der Waals surface area contributed by atoms with Gasteiger partial charge < -0.3 is 21.1 Å². The van der Waals surface area contributed by atoms with Crippen LogP contribution in [0.2, 0.25) is 0 Å². The predicted octanol–water partition coefficient (Wildman–Crippen LogP) is 1.93. The number of rotatable bonds is 4. The maximum atomic E-state index is 11.9. The Morgan fingerprint density at radius 1 is 1.38 bits per heavy atom. The number of benzene rings is 1. The summed E-state index contributed by atoms with van der Waals surface area (Å²) < 4.78 is 0. The number of aliphatic hydroxyl groups is 1. The molecule has 1 aliphatic carbocycles. The van der Waals surface area contributed by atoms with Crippen LogP contribution < -0.4 is 11.1 Å². The van der Waals surface area contributed by atoms with Crippen LogP contribution in [0.1, 0.15) is 36.0 Å². The second kappa shape index (κ2) is 6.80. The van der Waals surface area contributed by atoms with Crippen LogP contribution in [0.4, 0.5) is 11.4 Å². The van der Waals surface area contributed by atoms with Crippen LogP contribution in [-0.4, -0.2) is 42.7 Å². The van der Waals surface area contributed by atoms with Gasteiger partial charge in [-0.25, -0.2) is 0 Å². The molecule has 4 N–H and O–H groups in total. The minimum Gasteiger partial charge on any atom is -0.397 e. The zero-order valence-corrected chi connectivity index (χ0v) is 12.8. The van der Waals surface area contributed by atoms with Gasteiger partial charge in [-0.1, -0.05) is 12.8 Å². The summed E-state index contributed by atoms with van der Waals surface area (Å²) in [5.74, 6) is 0.223. The van der Waals surface area contributed by atoms with Crippen LogP contribution in [0.15, 0.2) is 18.2 Å². The Bertz CT molecular complexity index is 502. The molecule has 5 heteroatoms. The van der Waals surface area contributed by atoms with E-state index in [0.29, 0.717) is 11.3 Å². The quantitative estimate of drug-likeness (QED) is 0.741. The number of carbonyl (C=O) groups excluding carboxylic acids is 1. The fourth-order valence-corrected chi connectivity index (χ4v) is 2.90. The van der Waals surface area contributed by atoms with E-state index in [1.54, 1.807) is 26.2 Å². The first kappa shape index (κ1) is 15.6. The highest BCUT2D eigenvalue weighted by molar-refractivity contribution is 5.95. The van der Waals surface area contributed by atoms with Crippen molar-refractivity contribution < 1.29 is 9.90 Å². The largest absolute Gasteiger partial charge is 0.397 e. The van der Waals surface area contributed by atoms with Crippen molar-refractivity contribution in [3.05, 3.63) is 23.8 Å². The van der Waals surface area contributed by atoms with E-state index in [1.165, 1.54) is 17.7 Å². The second-order valence-electron chi connectivity index (χ2n) is 5.98. The van der Waals surface area contributed by atoms with E-state index in [9.17, 15) is 9.90 Å². The van der Waals surface area contributed by atoms with Gasteiger partial charge in [0.2, 0.25) is 0 Å². The molecule has 1 aliphatic rings. The van der Waals surface area contributed by atoms with Gasteiger partial charge in [-0.2, -0.15) is 0 Å². The lowest BCUT2D eigenvalue weighted by Gasteiger charge is -2.32. The number of carbonyl (C=O) groups is 1. The summed E-state index contributed by atoms with van der Waals surface area (Å²) in [6.07, 6.45) is 4.44. The summed E-state index contributed by atoms with van der Waals surface area (Å²) in [5.41, 5.74) is 8.07. The van der Waals surface area contributed by atoms with Crippen molar-refractivity contribution in [2.24, 2.45) is 5.92 Å². The van der Waals surface area contributed by atoms with E-state index in [-0.39, 0.29) is 24.5 Å². The number of nitrogens with one attached hydrogen (secondary N) is 1. The summed E-state index contributed by atoms with van der Waals surface area (Å²) in [7, 11) is 3.44. The van der Waals surface area contributed by atoms with Crippen LogP contribution in [0.5, 0.6) is 0 Å². The molecule has 0 bridgehead atoms. The predicted molar refractivity (Wildman–Crippen MR) is 85.3 cm³/mol. The highest BCUT2D eigenvalue weighted by atomic mass is 16.3. The van der Waals surface area contributed by atoms with E-state index in [0.717, 1.165) is 18.5 Å². The maximum Gasteiger partial charge on any atom is 0.253 e. The molecule has 5 nitrogen and oxygen atoms in total. The van der Waals surface area contributed by atoms with E-state index in [4.69, 9.17) is 5.73 Å². The van der Waals surface area contributed by atoms with E-state index >= 15 is 0 Å². The van der Waals surface area contributed by atoms with Crippen molar-refractivity contribution >= 4 is 17.3 Å². The Morgan fingerprint density at radius 3 is 2.71 bits per heavy atom. The SMILES string of the molecule is CN(C)C(=O)c1ccc(NC2CCCCC2CO)c(N)c1. The second-order valence-corrected chi connectivity index (χ2v) is 5.98. The first-order valence-corrected chi connectivity index (χ1v) is 7.51. The molecular weight excluding hydrogens is 266 g/mol. The minimum absolute atomic E-state index is 0.0563. The number of nitrogens with two attached hydrogens (primary N) is 1. The molecule has 116 valence electrons. The number of anilines is 2. The molecule has 21 heavy (non-hydrogen) atoms. The molecule has 1 saturated carbocycles. The molecule has 0 aromatic heterocycles. The van der Waals surface area contributed by atoms with Crippen molar-refractivity contribution in [2.45, 2.75) is 31.7 Å². The Hall–Kier alpha value is -1.75. The smallest absolute Gasteiger partial charge is 0.253 e. The van der Waals surface area contributed by atoms with E-state index < -0.39 is 0 Å². The van der Waals surface area contributed by atoms with Crippen molar-refractivity contribution in [3.63, 3.8) is 0 Å². The summed E-state index contributed by atoms with van der Waals surface area (Å²) in [6.45, 7) is 0.203. The van der Waals surface area contributed by atoms with Gasteiger partial charge in [-0.3, -0.25) is 4.79 Å². The molecule has 2 rings (SSSR count). The Kier molecular flexibility index (Phi) is 5.07. The van der Waals surface area contributed by atoms with Gasteiger partial charge in [-0.15, -0.1) is 0 Å². The number of aliphatic hydroxyl groups excluding tert-OH is 1. The normalized spacial score (nSPS) is 21.9. The summed E-state index contributed by atoms with van der Waals surface area (Å²) in [6, 6.07) is 5.61. The molecule has 0 radical (unpaired) electrons. The molecule has 0 aliphatic heterocycles. The van der Waals surface area contributed by atoms with Crippen LogP contribution in [0, 0.1) is 5.92 Å². The van der Waals surface area contributed by atoms with Crippen LogP contribution in [-0.2, 0) is 0 Å². The Labute approximate surface area is 126 Å². The number of nitrogens with zero attached hydrogens (tertiary/aromatic N) is 1. The van der Waals surface area contributed by atoms with Gasteiger partial charge in [-0.05, 0) is 31.0 Å². The summed E-state index contributed by atoms with van der Waals surface area (Å²) >= 11 is 0. The lowest BCUT2D eigenvalue weighted by atomic mass is 9.85. The number of amides is 1. The third-order valence-electron chi connectivity index (χ3n) is 4.19. The molecule has 1 aromatic carbocycles. The van der Waals surface area contributed by atoms with Gasteiger partial charge in [0.25, 0.3) is 5.91 Å². The fraction of sp³-hybridized carbons (Fsp3) is 0.562. The monoisotopic (exact) mass is 291 g/mol. The Morgan fingerprint density at radius 2 is 2.10 bits per heavy atom. The van der Waals surface area contributed by atoms with Crippen molar-refractivity contribution in [1.82, 2.24) is 4.90 Å². The number of hydrogen-bond donors (Lipinski definition) is 3. The first-order valence-electron chi connectivity index (χ1n) is 7.51. The summed E-state index contributed by atoms with van der Waals surface area (Å²) in [4.78, 5) is 13.4. The molecule has 1 aromatic rings. The summed E-state index contributed by atoms with van der Waals surface area (Å²) in [5, 5.41) is 12.9. The lowest BCUT2D eigenvalue weighted by Crippen LogP contribution is -2.34. The van der Waals surface area contributed by atoms with Gasteiger partial charge in [0, 0.05) is 38.2 Å². The van der Waals surface area contributed by atoms with Gasteiger partial charge in [0.05, 0.1) is 11.4 Å². The molecule has 1 fully saturated rings. The van der Waals surface area contributed by atoms with Gasteiger partial charge in [0.15, 0.2) is 0 Å². The van der Waals surface area contributed by atoms with Crippen LogP contribution in [0.3, 0.4) is 0 Å². The topological polar surface area (TPSA) is 78.6 Å². The fourth-order valence-electron chi connectivity index (χ4n) is 2.90. The van der Waals surface area contributed by atoms with Crippen LogP contribution >= 0.6 is 0 Å². The Balaban J connectivity index is 2.12. The molecule has 0 saturated heterocycles. The zero-order valence-electron chi connectivity index (χ0n) is 12.8. The van der Waals surface area contributed by atoms with Crippen molar-refractivity contribution in [2.75, 3.05) is 31.8 Å². The molecule has 0 spiro atoms. The lowest BCUT2D eigenvalue weighted by molar-refractivity contribution is 0.0827. The van der Waals surface area contributed by atoms with Crippen molar-refractivity contribution in [3.8, 4) is 0 Å². The number of nitrogen functional groups attached to an aromatic ring is 1. The molecule has 0 heterocycles. The molecule has 2 atom stereocenters. The average molecular weight is 291 g/mol. The van der Waals surface area contributed by atoms with E-state index in [1.807, 2.05) is 6.07 Å². The van der Waals surface area contributed by atoms with Gasteiger partial charge in [0.1, 0.15) is 0 Å². The zero-order chi connectivity index (χ0) is 15.4. The highest BCUT2D eigenvalue weighted by Crippen LogP contribution is 2.29. The maximum absolute atomic E-state index is 11.9. The average Bonchev–Trinajstić information content (AvgIpc) is 2.49. The van der Waals surface area contributed by atoms with Crippen molar-refractivity contribution in [1.29, 1.82) is 0 Å².